The molecule has 0 radical (unpaired) electrons. The molecule has 25 heavy (non-hydrogen) atoms. The van der Waals surface area contributed by atoms with Gasteiger partial charge >= 0.3 is 0 Å². The van der Waals surface area contributed by atoms with Crippen molar-refractivity contribution in [3.63, 3.8) is 0 Å². The van der Waals surface area contributed by atoms with E-state index in [4.69, 9.17) is 0 Å². The van der Waals surface area contributed by atoms with Crippen LogP contribution in [0.2, 0.25) is 0 Å². The summed E-state index contributed by atoms with van der Waals surface area (Å²) in [6.07, 6.45) is 0. The lowest BCUT2D eigenvalue weighted by Gasteiger charge is -2.02. The third-order valence-corrected chi connectivity index (χ3v) is 4.05. The highest BCUT2D eigenvalue weighted by atomic mass is 16.2. The van der Waals surface area contributed by atoms with Crippen molar-refractivity contribution < 1.29 is 9.59 Å². The fourth-order valence-corrected chi connectivity index (χ4v) is 2.79. The van der Waals surface area contributed by atoms with Crippen LogP contribution in [0.15, 0.2) is 83.9 Å². The van der Waals surface area contributed by atoms with Gasteiger partial charge < -0.3 is 5.32 Å². The predicted octanol–water partition coefficient (Wildman–Crippen LogP) is 3.99. The smallest absolute Gasteiger partial charge is 0.275 e. The van der Waals surface area contributed by atoms with Crippen molar-refractivity contribution in [1.29, 1.82) is 0 Å². The summed E-state index contributed by atoms with van der Waals surface area (Å²) < 4.78 is 0. The maximum Gasteiger partial charge on any atom is 0.275 e. The first-order chi connectivity index (χ1) is 12.2. The number of hydrogen-bond acceptors (Lipinski definition) is 3. The molecule has 0 bridgehead atoms. The molecular formula is C21H14N2O2. The minimum absolute atomic E-state index is 0.0382. The largest absolute Gasteiger partial charge is 0.320 e. The molecule has 0 atom stereocenters. The maximum absolute atomic E-state index is 12.4. The number of carbonyl (C=O) groups is 2. The standard InChI is InChI=1S/C21H14N2O2/c24-20(14-6-2-1-3-7-14)15-10-12-16(13-11-15)22-19-17-8-4-5-9-18(17)23-21(19)25/h1-13H,(H,22,23,25). The molecule has 0 unspecified atom stereocenters. The first-order valence-electron chi connectivity index (χ1n) is 7.91. The van der Waals surface area contributed by atoms with Crippen LogP contribution in [0.1, 0.15) is 21.5 Å². The van der Waals surface area contributed by atoms with Crippen LogP contribution < -0.4 is 5.32 Å². The fraction of sp³-hybridized carbons (Fsp3) is 0. The molecule has 120 valence electrons. The average molecular weight is 326 g/mol. The molecule has 0 aliphatic carbocycles. The lowest BCUT2D eigenvalue weighted by Crippen LogP contribution is -2.13. The zero-order chi connectivity index (χ0) is 17.2. The van der Waals surface area contributed by atoms with Crippen LogP contribution in [-0.2, 0) is 4.79 Å². The van der Waals surface area contributed by atoms with E-state index in [1.807, 2.05) is 42.5 Å². The van der Waals surface area contributed by atoms with Gasteiger partial charge in [0.25, 0.3) is 5.91 Å². The number of nitrogens with one attached hydrogen (secondary N) is 1. The van der Waals surface area contributed by atoms with Crippen molar-refractivity contribution in [1.82, 2.24) is 0 Å². The quantitative estimate of drug-likeness (QED) is 0.740. The highest BCUT2D eigenvalue weighted by molar-refractivity contribution is 6.54. The summed E-state index contributed by atoms with van der Waals surface area (Å²) in [6, 6.07) is 23.5. The summed E-state index contributed by atoms with van der Waals surface area (Å²) in [5.41, 5.74) is 3.81. The summed E-state index contributed by atoms with van der Waals surface area (Å²) in [5, 5.41) is 2.79. The number of ketones is 1. The molecule has 4 nitrogen and oxygen atoms in total. The van der Waals surface area contributed by atoms with Crippen molar-refractivity contribution >= 4 is 28.8 Å². The number of carbonyl (C=O) groups excluding carboxylic acids is 2. The molecule has 0 aromatic heterocycles. The van der Waals surface area contributed by atoms with Gasteiger partial charge in [0.05, 0.1) is 11.4 Å². The van der Waals surface area contributed by atoms with E-state index in [0.717, 1.165) is 11.3 Å². The van der Waals surface area contributed by atoms with E-state index in [0.29, 0.717) is 22.5 Å². The van der Waals surface area contributed by atoms with Gasteiger partial charge in [-0.3, -0.25) is 9.59 Å². The Morgan fingerprint density at radius 1 is 0.760 bits per heavy atom. The molecule has 1 aliphatic heterocycles. The molecule has 1 heterocycles. The Morgan fingerprint density at radius 2 is 1.40 bits per heavy atom. The Morgan fingerprint density at radius 3 is 2.16 bits per heavy atom. The van der Waals surface area contributed by atoms with Crippen LogP contribution in [0, 0.1) is 0 Å². The number of para-hydroxylation sites is 1. The summed E-state index contributed by atoms with van der Waals surface area (Å²) in [7, 11) is 0. The number of rotatable bonds is 3. The van der Waals surface area contributed by atoms with Crippen molar-refractivity contribution in [3.8, 4) is 0 Å². The number of nitrogens with zero attached hydrogens (tertiary/aromatic N) is 1. The van der Waals surface area contributed by atoms with E-state index in [1.54, 1.807) is 36.4 Å². The van der Waals surface area contributed by atoms with Gasteiger partial charge in [0.1, 0.15) is 5.71 Å². The molecule has 3 aromatic rings. The van der Waals surface area contributed by atoms with Crippen LogP contribution in [0.5, 0.6) is 0 Å². The van der Waals surface area contributed by atoms with Crippen LogP contribution in [0.4, 0.5) is 11.4 Å². The molecule has 1 aliphatic rings. The van der Waals surface area contributed by atoms with Gasteiger partial charge in [-0.05, 0) is 30.3 Å². The third-order valence-electron chi connectivity index (χ3n) is 4.05. The Bertz CT molecular complexity index is 990. The average Bonchev–Trinajstić information content (AvgIpc) is 2.98. The van der Waals surface area contributed by atoms with E-state index in [9.17, 15) is 9.59 Å². The molecule has 0 saturated heterocycles. The van der Waals surface area contributed by atoms with Gasteiger partial charge in [-0.1, -0.05) is 48.5 Å². The number of benzene rings is 3. The number of anilines is 1. The van der Waals surface area contributed by atoms with E-state index in [2.05, 4.69) is 10.3 Å². The van der Waals surface area contributed by atoms with Crippen molar-refractivity contribution in [2.24, 2.45) is 4.99 Å². The van der Waals surface area contributed by atoms with Gasteiger partial charge in [-0.15, -0.1) is 0 Å². The molecule has 1 amide bonds. The van der Waals surface area contributed by atoms with E-state index in [1.165, 1.54) is 0 Å². The van der Waals surface area contributed by atoms with Crippen molar-refractivity contribution in [2.45, 2.75) is 0 Å². The summed E-state index contributed by atoms with van der Waals surface area (Å²) in [6.45, 7) is 0. The second-order valence-electron chi connectivity index (χ2n) is 5.70. The molecule has 0 saturated carbocycles. The van der Waals surface area contributed by atoms with Crippen LogP contribution in [0.3, 0.4) is 0 Å². The van der Waals surface area contributed by atoms with E-state index >= 15 is 0 Å². The second-order valence-corrected chi connectivity index (χ2v) is 5.70. The second kappa shape index (κ2) is 6.17. The molecule has 4 rings (SSSR count). The van der Waals surface area contributed by atoms with E-state index < -0.39 is 0 Å². The molecular weight excluding hydrogens is 312 g/mol. The predicted molar refractivity (Wildman–Crippen MR) is 97.6 cm³/mol. The third kappa shape index (κ3) is 2.85. The van der Waals surface area contributed by atoms with Gasteiger partial charge in [0.15, 0.2) is 5.78 Å². The van der Waals surface area contributed by atoms with Crippen molar-refractivity contribution in [3.05, 3.63) is 95.6 Å². The zero-order valence-electron chi connectivity index (χ0n) is 13.3. The molecule has 4 heteroatoms. The van der Waals surface area contributed by atoms with Gasteiger partial charge in [0.2, 0.25) is 0 Å². The molecule has 0 fully saturated rings. The zero-order valence-corrected chi connectivity index (χ0v) is 13.3. The Kier molecular flexibility index (Phi) is 3.71. The van der Waals surface area contributed by atoms with Gasteiger partial charge in [0, 0.05) is 16.7 Å². The monoisotopic (exact) mass is 326 g/mol. The number of amides is 1. The summed E-state index contributed by atoms with van der Waals surface area (Å²) >= 11 is 0. The van der Waals surface area contributed by atoms with Crippen LogP contribution in [-0.4, -0.2) is 17.4 Å². The lowest BCUT2D eigenvalue weighted by atomic mass is 10.0. The normalized spacial score (nSPS) is 14.2. The number of fused-ring (bicyclic) bond motifs is 1. The Labute approximate surface area is 144 Å². The van der Waals surface area contributed by atoms with Crippen molar-refractivity contribution in [2.75, 3.05) is 5.32 Å². The van der Waals surface area contributed by atoms with Gasteiger partial charge in [-0.25, -0.2) is 4.99 Å². The minimum Gasteiger partial charge on any atom is -0.320 e. The topological polar surface area (TPSA) is 58.5 Å². The van der Waals surface area contributed by atoms with Crippen LogP contribution >= 0.6 is 0 Å². The Hall–Kier alpha value is -3.53. The minimum atomic E-state index is -0.217. The Balaban J connectivity index is 1.63. The molecule has 1 N–H and O–H groups in total. The van der Waals surface area contributed by atoms with Gasteiger partial charge in [-0.2, -0.15) is 0 Å². The highest BCUT2D eigenvalue weighted by Crippen LogP contribution is 2.25. The van der Waals surface area contributed by atoms with Crippen LogP contribution in [0.25, 0.3) is 0 Å². The first-order valence-corrected chi connectivity index (χ1v) is 7.91. The number of hydrogen-bond donors (Lipinski definition) is 1. The van der Waals surface area contributed by atoms with E-state index in [-0.39, 0.29) is 11.7 Å². The maximum atomic E-state index is 12.4. The highest BCUT2D eigenvalue weighted by Gasteiger charge is 2.25. The lowest BCUT2D eigenvalue weighted by molar-refractivity contribution is -0.110. The molecule has 3 aromatic carbocycles. The fourth-order valence-electron chi connectivity index (χ4n) is 2.79. The number of aliphatic imine (C=N–C) groups is 1. The summed E-state index contributed by atoms with van der Waals surface area (Å²) in [5.74, 6) is -0.255. The SMILES string of the molecule is O=C1Nc2ccccc2C1=Nc1ccc(C(=O)c2ccccc2)cc1. The molecule has 0 spiro atoms. The summed E-state index contributed by atoms with van der Waals surface area (Å²) in [4.78, 5) is 29.0. The first kappa shape index (κ1) is 15.0.